The Kier molecular flexibility index (Phi) is 4.20. The predicted octanol–water partition coefficient (Wildman–Crippen LogP) is -0.154. The molecule has 2 heterocycles. The number of hydrogen-bond acceptors (Lipinski definition) is 4. The third-order valence-corrected chi connectivity index (χ3v) is 2.99. The monoisotopic (exact) mass is 264 g/mol. The topological polar surface area (TPSA) is 84.3 Å². The zero-order chi connectivity index (χ0) is 13.8. The number of hydrogen-bond donors (Lipinski definition) is 2. The molecule has 3 atom stereocenters. The van der Waals surface area contributed by atoms with Crippen LogP contribution in [0.2, 0.25) is 0 Å². The van der Waals surface area contributed by atoms with Gasteiger partial charge in [0.25, 0.3) is 5.56 Å². The highest BCUT2D eigenvalue weighted by Gasteiger charge is 2.35. The number of aromatic amines is 1. The van der Waals surface area contributed by atoms with E-state index in [0.717, 1.165) is 0 Å². The molecule has 1 saturated heterocycles. The highest BCUT2D eigenvalue weighted by Crippen LogP contribution is 2.32. The second kappa shape index (κ2) is 5.87. The van der Waals surface area contributed by atoms with Crippen LogP contribution >= 0.6 is 0 Å². The first-order valence-electron chi connectivity index (χ1n) is 6.22. The molecule has 1 aliphatic heterocycles. The van der Waals surface area contributed by atoms with E-state index >= 15 is 0 Å². The van der Waals surface area contributed by atoms with Crippen LogP contribution in [0.15, 0.2) is 21.9 Å². The lowest BCUT2D eigenvalue weighted by molar-refractivity contribution is -0.0304. The third kappa shape index (κ3) is 2.95. The largest absolute Gasteiger partial charge is 0.394 e. The van der Waals surface area contributed by atoms with Crippen molar-refractivity contribution in [2.24, 2.45) is 5.92 Å². The highest BCUT2D eigenvalue weighted by atomic mass is 16.5. The molecule has 1 aromatic heterocycles. The fourth-order valence-electron chi connectivity index (χ4n) is 2.12. The Hall–Kier alpha value is -1.84. The number of H-pyrrole nitrogens is 1. The summed E-state index contributed by atoms with van der Waals surface area (Å²) in [6, 6.07) is 1.27. The van der Waals surface area contributed by atoms with Crippen molar-refractivity contribution in [1.82, 2.24) is 9.55 Å². The van der Waals surface area contributed by atoms with Gasteiger partial charge in [-0.15, -0.1) is 5.92 Å². The number of aliphatic hydroxyl groups excluding tert-OH is 1. The molecule has 2 N–H and O–H groups in total. The van der Waals surface area contributed by atoms with Gasteiger partial charge in [0.05, 0.1) is 18.6 Å². The molecule has 0 aromatic carbocycles. The van der Waals surface area contributed by atoms with E-state index in [2.05, 4.69) is 16.8 Å². The minimum absolute atomic E-state index is 0.112. The number of rotatable bonds is 2. The van der Waals surface area contributed by atoms with E-state index in [0.29, 0.717) is 12.8 Å². The summed E-state index contributed by atoms with van der Waals surface area (Å²) in [5.74, 6) is 5.85. The van der Waals surface area contributed by atoms with Crippen molar-refractivity contribution >= 4 is 0 Å². The van der Waals surface area contributed by atoms with E-state index < -0.39 is 17.5 Å². The second-order valence-corrected chi connectivity index (χ2v) is 4.37. The van der Waals surface area contributed by atoms with Crippen molar-refractivity contribution in [3.05, 3.63) is 33.1 Å². The lowest BCUT2D eigenvalue weighted by Gasteiger charge is -2.16. The van der Waals surface area contributed by atoms with Crippen molar-refractivity contribution in [1.29, 1.82) is 0 Å². The molecule has 2 unspecified atom stereocenters. The van der Waals surface area contributed by atoms with E-state index in [1.54, 1.807) is 0 Å². The smallest absolute Gasteiger partial charge is 0.330 e. The summed E-state index contributed by atoms with van der Waals surface area (Å²) in [4.78, 5) is 25.0. The molecular formula is C13H16N2O4. The highest BCUT2D eigenvalue weighted by molar-refractivity contribution is 5.08. The minimum atomic E-state index is -0.569. The van der Waals surface area contributed by atoms with Gasteiger partial charge in [-0.25, -0.2) is 4.79 Å². The summed E-state index contributed by atoms with van der Waals surface area (Å²) >= 11 is 0. The maximum absolute atomic E-state index is 11.8. The Balaban J connectivity index is 2.34. The summed E-state index contributed by atoms with van der Waals surface area (Å²) in [5, 5.41) is 9.17. The Morgan fingerprint density at radius 2 is 2.37 bits per heavy atom. The minimum Gasteiger partial charge on any atom is -0.394 e. The van der Waals surface area contributed by atoms with Crippen LogP contribution in [0.1, 0.15) is 26.0 Å². The molecule has 102 valence electrons. The lowest BCUT2D eigenvalue weighted by atomic mass is 10.0. The first-order chi connectivity index (χ1) is 9.15. The van der Waals surface area contributed by atoms with Gasteiger partial charge in [-0.05, 0) is 6.42 Å². The molecule has 0 spiro atoms. The fraction of sp³-hybridized carbons (Fsp3) is 0.538. The van der Waals surface area contributed by atoms with Crippen LogP contribution in [0, 0.1) is 17.8 Å². The van der Waals surface area contributed by atoms with Crippen LogP contribution in [-0.4, -0.2) is 27.4 Å². The molecule has 1 aliphatic rings. The fourth-order valence-corrected chi connectivity index (χ4v) is 2.12. The Bertz CT molecular complexity index is 607. The number of nitrogens with one attached hydrogen (secondary N) is 1. The van der Waals surface area contributed by atoms with E-state index in [1.807, 2.05) is 6.92 Å². The van der Waals surface area contributed by atoms with Crippen molar-refractivity contribution in [3.8, 4) is 11.8 Å². The van der Waals surface area contributed by atoms with Gasteiger partial charge >= 0.3 is 5.69 Å². The van der Waals surface area contributed by atoms with Gasteiger partial charge in [0, 0.05) is 18.7 Å². The molecule has 0 saturated carbocycles. The molecule has 6 nitrogen and oxygen atoms in total. The lowest BCUT2D eigenvalue weighted by Crippen LogP contribution is -2.33. The van der Waals surface area contributed by atoms with Gasteiger partial charge in [-0.3, -0.25) is 14.3 Å². The zero-order valence-electron chi connectivity index (χ0n) is 10.6. The number of ether oxygens (including phenoxy) is 1. The summed E-state index contributed by atoms with van der Waals surface area (Å²) in [5.41, 5.74) is -0.978. The average molecular weight is 264 g/mol. The first-order valence-corrected chi connectivity index (χ1v) is 6.22. The molecular weight excluding hydrogens is 248 g/mol. The zero-order valence-corrected chi connectivity index (χ0v) is 10.6. The normalized spacial score (nSPS) is 25.9. The van der Waals surface area contributed by atoms with Gasteiger partial charge < -0.3 is 9.84 Å². The predicted molar refractivity (Wildman–Crippen MR) is 68.5 cm³/mol. The maximum atomic E-state index is 11.8. The van der Waals surface area contributed by atoms with Gasteiger partial charge in [0.1, 0.15) is 0 Å². The molecule has 0 radical (unpaired) electrons. The van der Waals surface area contributed by atoms with Crippen LogP contribution in [0.25, 0.3) is 0 Å². The molecule has 1 fully saturated rings. The van der Waals surface area contributed by atoms with Gasteiger partial charge in [-0.2, -0.15) is 0 Å². The SMILES string of the molecule is CCC#C[C@H]1CC(CO)OC1n1ccc(=O)[nH]c1=O. The molecule has 0 amide bonds. The van der Waals surface area contributed by atoms with Gasteiger partial charge in [-0.1, -0.05) is 12.8 Å². The molecule has 6 heteroatoms. The number of aromatic nitrogens is 2. The molecule has 2 rings (SSSR count). The van der Waals surface area contributed by atoms with Crippen LogP contribution < -0.4 is 11.2 Å². The van der Waals surface area contributed by atoms with Gasteiger partial charge in [0.2, 0.25) is 0 Å². The van der Waals surface area contributed by atoms with Crippen LogP contribution in [0.3, 0.4) is 0 Å². The molecule has 0 bridgehead atoms. The summed E-state index contributed by atoms with van der Waals surface area (Å²) in [6.07, 6.45) is 1.78. The average Bonchev–Trinajstić information content (AvgIpc) is 2.79. The molecule has 1 aromatic rings. The van der Waals surface area contributed by atoms with Crippen molar-refractivity contribution in [3.63, 3.8) is 0 Å². The van der Waals surface area contributed by atoms with Crippen LogP contribution in [-0.2, 0) is 4.74 Å². The summed E-state index contributed by atoms with van der Waals surface area (Å²) in [7, 11) is 0. The summed E-state index contributed by atoms with van der Waals surface area (Å²) in [6.45, 7) is 1.83. The van der Waals surface area contributed by atoms with Crippen molar-refractivity contribution in [2.75, 3.05) is 6.61 Å². The van der Waals surface area contributed by atoms with Crippen LogP contribution in [0.5, 0.6) is 0 Å². The summed E-state index contributed by atoms with van der Waals surface area (Å²) < 4.78 is 6.93. The maximum Gasteiger partial charge on any atom is 0.330 e. The molecule has 0 aliphatic carbocycles. The quantitative estimate of drug-likeness (QED) is 0.727. The van der Waals surface area contributed by atoms with Crippen molar-refractivity contribution in [2.45, 2.75) is 32.1 Å². The van der Waals surface area contributed by atoms with Crippen molar-refractivity contribution < 1.29 is 9.84 Å². The van der Waals surface area contributed by atoms with E-state index in [4.69, 9.17) is 9.84 Å². The van der Waals surface area contributed by atoms with E-state index in [-0.39, 0.29) is 18.6 Å². The Labute approximate surface area is 110 Å². The first kappa shape index (κ1) is 13.6. The third-order valence-electron chi connectivity index (χ3n) is 2.99. The Morgan fingerprint density at radius 1 is 1.58 bits per heavy atom. The standard InChI is InChI=1S/C13H16N2O4/c1-2-3-4-9-7-10(8-16)19-12(9)15-6-5-11(17)14-13(15)18/h5-6,9-10,12,16H,2,7-8H2,1H3,(H,14,17,18)/t9-,10?,12?/m0/s1. The van der Waals surface area contributed by atoms with E-state index in [9.17, 15) is 9.59 Å². The van der Waals surface area contributed by atoms with Gasteiger partial charge in [0.15, 0.2) is 6.23 Å². The van der Waals surface area contributed by atoms with Crippen LogP contribution in [0.4, 0.5) is 0 Å². The van der Waals surface area contributed by atoms with E-state index in [1.165, 1.54) is 16.8 Å². The molecule has 19 heavy (non-hydrogen) atoms. The second-order valence-electron chi connectivity index (χ2n) is 4.37. The Morgan fingerprint density at radius 3 is 3.00 bits per heavy atom. The number of nitrogens with zero attached hydrogens (tertiary/aromatic N) is 1. The number of aliphatic hydroxyl groups is 1.